The van der Waals surface area contributed by atoms with Crippen molar-refractivity contribution >= 4 is 15.9 Å². The Labute approximate surface area is 149 Å². The number of hydrogen-bond donors (Lipinski definition) is 1. The first-order chi connectivity index (χ1) is 12.0. The van der Waals surface area contributed by atoms with E-state index in [-0.39, 0.29) is 17.3 Å². The molecular weight excluding hydrogens is 340 g/mol. The molecular formula is C18H26N2O4S. The molecule has 0 radical (unpaired) electrons. The first kappa shape index (κ1) is 18.4. The maximum Gasteiger partial charge on any atom is 0.253 e. The Bertz CT molecular complexity index is 712. The van der Waals surface area contributed by atoms with Crippen LogP contribution in [0.5, 0.6) is 0 Å². The summed E-state index contributed by atoms with van der Waals surface area (Å²) < 4.78 is 26.7. The molecule has 7 heteroatoms. The van der Waals surface area contributed by atoms with Gasteiger partial charge in [0, 0.05) is 31.7 Å². The molecule has 0 saturated carbocycles. The van der Waals surface area contributed by atoms with Gasteiger partial charge >= 0.3 is 0 Å². The number of sulfonamides is 1. The third-order valence-electron chi connectivity index (χ3n) is 4.99. The number of aliphatic hydroxyl groups excluding tert-OH is 1. The molecule has 0 aromatic heterocycles. The van der Waals surface area contributed by atoms with Crippen molar-refractivity contribution in [3.63, 3.8) is 0 Å². The predicted molar refractivity (Wildman–Crippen MR) is 94.8 cm³/mol. The molecule has 6 nitrogen and oxygen atoms in total. The minimum Gasteiger partial charge on any atom is -0.392 e. The van der Waals surface area contributed by atoms with Gasteiger partial charge in [-0.25, -0.2) is 8.42 Å². The number of amides is 1. The molecule has 0 aliphatic carbocycles. The Hall–Kier alpha value is -1.44. The summed E-state index contributed by atoms with van der Waals surface area (Å²) in [7, 11) is -3.67. The van der Waals surface area contributed by atoms with Gasteiger partial charge in [-0.15, -0.1) is 0 Å². The molecule has 2 aliphatic heterocycles. The van der Waals surface area contributed by atoms with Gasteiger partial charge in [-0.2, -0.15) is 4.31 Å². The molecule has 25 heavy (non-hydrogen) atoms. The normalized spacial score (nSPS) is 23.2. The van der Waals surface area contributed by atoms with Crippen molar-refractivity contribution in [2.24, 2.45) is 0 Å². The van der Waals surface area contributed by atoms with Gasteiger partial charge in [0.05, 0.1) is 11.0 Å². The number of benzene rings is 1. The van der Waals surface area contributed by atoms with Crippen molar-refractivity contribution < 1.29 is 18.3 Å². The Morgan fingerprint density at radius 1 is 1.04 bits per heavy atom. The average molecular weight is 366 g/mol. The van der Waals surface area contributed by atoms with Crippen molar-refractivity contribution in [1.29, 1.82) is 0 Å². The zero-order valence-corrected chi connectivity index (χ0v) is 15.2. The summed E-state index contributed by atoms with van der Waals surface area (Å²) in [5.74, 6) is -0.0968. The highest BCUT2D eigenvalue weighted by Gasteiger charge is 2.32. The summed E-state index contributed by atoms with van der Waals surface area (Å²) in [6, 6.07) is 6.29. The fourth-order valence-corrected chi connectivity index (χ4v) is 5.04. The first-order valence-corrected chi connectivity index (χ1v) is 10.5. The lowest BCUT2D eigenvalue weighted by atomic mass is 10.1. The van der Waals surface area contributed by atoms with E-state index in [1.54, 1.807) is 12.1 Å². The van der Waals surface area contributed by atoms with E-state index in [9.17, 15) is 18.3 Å². The molecule has 2 saturated heterocycles. The maximum atomic E-state index is 12.8. The van der Waals surface area contributed by atoms with E-state index >= 15 is 0 Å². The number of carbonyl (C=O) groups is 1. The zero-order valence-electron chi connectivity index (χ0n) is 14.4. The molecule has 138 valence electrons. The van der Waals surface area contributed by atoms with Crippen molar-refractivity contribution in [2.45, 2.75) is 49.5 Å². The van der Waals surface area contributed by atoms with Gasteiger partial charge in [0.25, 0.3) is 5.91 Å². The van der Waals surface area contributed by atoms with Crippen LogP contribution in [0.1, 0.15) is 48.9 Å². The highest BCUT2D eigenvalue weighted by molar-refractivity contribution is 7.89. The minimum absolute atomic E-state index is 0.0968. The summed E-state index contributed by atoms with van der Waals surface area (Å²) in [6.07, 6.45) is 5.32. The average Bonchev–Trinajstić information content (AvgIpc) is 3.01. The fraction of sp³-hybridized carbons (Fsp3) is 0.611. The molecule has 0 spiro atoms. The van der Waals surface area contributed by atoms with Crippen LogP contribution in [0.25, 0.3) is 0 Å². The van der Waals surface area contributed by atoms with E-state index in [4.69, 9.17) is 0 Å². The summed E-state index contributed by atoms with van der Waals surface area (Å²) in [5.41, 5.74) is 0.418. The molecule has 2 fully saturated rings. The number of likely N-dealkylation sites (tertiary alicyclic amines) is 1. The van der Waals surface area contributed by atoms with Crippen LogP contribution in [0.4, 0.5) is 0 Å². The van der Waals surface area contributed by atoms with Crippen LogP contribution in [0.3, 0.4) is 0 Å². The Kier molecular flexibility index (Phi) is 5.76. The van der Waals surface area contributed by atoms with E-state index in [1.165, 1.54) is 22.9 Å². The van der Waals surface area contributed by atoms with Gasteiger partial charge in [0.15, 0.2) is 0 Å². The van der Waals surface area contributed by atoms with Gasteiger partial charge in [-0.05, 0) is 37.5 Å². The van der Waals surface area contributed by atoms with Crippen LogP contribution in [0.2, 0.25) is 0 Å². The topological polar surface area (TPSA) is 77.9 Å². The third kappa shape index (κ3) is 4.22. The molecule has 1 amide bonds. The standard InChI is InChI=1S/C18H26N2O4S/c21-16-9-12-20(14-16)25(23,24)17-8-6-7-15(13-17)18(22)19-10-4-2-1-3-5-11-19/h6-8,13,16,21H,1-5,9-12,14H2. The van der Waals surface area contributed by atoms with E-state index in [1.807, 2.05) is 4.90 Å². The lowest BCUT2D eigenvalue weighted by molar-refractivity contribution is 0.0742. The molecule has 1 N–H and O–H groups in total. The second-order valence-corrected chi connectivity index (χ2v) is 8.83. The Balaban J connectivity index is 1.79. The number of nitrogens with zero attached hydrogens (tertiary/aromatic N) is 2. The second-order valence-electron chi connectivity index (χ2n) is 6.89. The highest BCUT2D eigenvalue weighted by Crippen LogP contribution is 2.23. The van der Waals surface area contributed by atoms with Crippen LogP contribution in [0, 0.1) is 0 Å². The molecule has 1 unspecified atom stereocenters. The first-order valence-electron chi connectivity index (χ1n) is 9.06. The Morgan fingerprint density at radius 2 is 1.72 bits per heavy atom. The minimum atomic E-state index is -3.67. The summed E-state index contributed by atoms with van der Waals surface area (Å²) in [6.45, 7) is 1.89. The van der Waals surface area contributed by atoms with Crippen LogP contribution < -0.4 is 0 Å². The van der Waals surface area contributed by atoms with Crippen molar-refractivity contribution in [2.75, 3.05) is 26.2 Å². The van der Waals surface area contributed by atoms with Crippen molar-refractivity contribution in [3.05, 3.63) is 29.8 Å². The predicted octanol–water partition coefficient (Wildman–Crippen LogP) is 1.85. The van der Waals surface area contributed by atoms with Crippen molar-refractivity contribution in [3.8, 4) is 0 Å². The molecule has 3 rings (SSSR count). The van der Waals surface area contributed by atoms with E-state index < -0.39 is 16.1 Å². The molecule has 1 aromatic carbocycles. The number of aliphatic hydroxyl groups is 1. The maximum absolute atomic E-state index is 12.8. The highest BCUT2D eigenvalue weighted by atomic mass is 32.2. The molecule has 2 aliphatic rings. The lowest BCUT2D eigenvalue weighted by Gasteiger charge is -2.25. The van der Waals surface area contributed by atoms with Crippen LogP contribution in [-0.2, 0) is 10.0 Å². The molecule has 2 heterocycles. The number of β-amino-alcohol motifs (C(OH)–C–C–N with tert-alkyl or cyclic N) is 1. The smallest absolute Gasteiger partial charge is 0.253 e. The zero-order chi connectivity index (χ0) is 17.9. The molecule has 1 atom stereocenters. The Morgan fingerprint density at radius 3 is 2.36 bits per heavy atom. The number of rotatable bonds is 3. The van der Waals surface area contributed by atoms with Crippen LogP contribution in [0.15, 0.2) is 29.2 Å². The van der Waals surface area contributed by atoms with Gasteiger partial charge in [0.1, 0.15) is 0 Å². The van der Waals surface area contributed by atoms with E-state index in [0.29, 0.717) is 18.5 Å². The van der Waals surface area contributed by atoms with Crippen LogP contribution >= 0.6 is 0 Å². The number of hydrogen-bond acceptors (Lipinski definition) is 4. The molecule has 1 aromatic rings. The fourth-order valence-electron chi connectivity index (χ4n) is 3.50. The van der Waals surface area contributed by atoms with Gasteiger partial charge in [-0.3, -0.25) is 4.79 Å². The van der Waals surface area contributed by atoms with E-state index in [0.717, 1.165) is 38.8 Å². The van der Waals surface area contributed by atoms with Gasteiger partial charge < -0.3 is 10.0 Å². The van der Waals surface area contributed by atoms with E-state index in [2.05, 4.69) is 0 Å². The monoisotopic (exact) mass is 366 g/mol. The lowest BCUT2D eigenvalue weighted by Crippen LogP contribution is -2.34. The number of carbonyl (C=O) groups excluding carboxylic acids is 1. The second kappa shape index (κ2) is 7.85. The van der Waals surface area contributed by atoms with Gasteiger partial charge in [0.2, 0.25) is 10.0 Å². The summed E-state index contributed by atoms with van der Waals surface area (Å²) >= 11 is 0. The van der Waals surface area contributed by atoms with Crippen LogP contribution in [-0.4, -0.2) is 60.9 Å². The van der Waals surface area contributed by atoms with Crippen molar-refractivity contribution in [1.82, 2.24) is 9.21 Å². The third-order valence-corrected chi connectivity index (χ3v) is 6.85. The van der Waals surface area contributed by atoms with Gasteiger partial charge in [-0.1, -0.05) is 25.3 Å². The SMILES string of the molecule is O=C(c1cccc(S(=O)(=O)N2CCC(O)C2)c1)N1CCCCCCC1. The summed E-state index contributed by atoms with van der Waals surface area (Å²) in [5, 5.41) is 9.61. The summed E-state index contributed by atoms with van der Waals surface area (Å²) in [4.78, 5) is 14.8. The molecule has 0 bridgehead atoms. The quantitative estimate of drug-likeness (QED) is 0.886. The largest absolute Gasteiger partial charge is 0.392 e.